The molecule has 2 rings (SSSR count). The molecule has 1 saturated heterocycles. The van der Waals surface area contributed by atoms with Crippen molar-refractivity contribution in [2.24, 2.45) is 0 Å². The average molecular weight is 292 g/mol. The van der Waals surface area contributed by atoms with Crippen molar-refractivity contribution in [2.75, 3.05) is 27.2 Å². The van der Waals surface area contributed by atoms with Crippen molar-refractivity contribution in [3.05, 3.63) is 17.5 Å². The van der Waals surface area contributed by atoms with E-state index in [0.29, 0.717) is 6.04 Å². The fourth-order valence-corrected chi connectivity index (χ4v) is 3.13. The minimum atomic E-state index is 0.154. The molecule has 2 heterocycles. The summed E-state index contributed by atoms with van der Waals surface area (Å²) in [7, 11) is 4.14. The van der Waals surface area contributed by atoms with Gasteiger partial charge in [0.2, 0.25) is 0 Å². The van der Waals surface area contributed by atoms with E-state index in [1.54, 1.807) is 6.20 Å². The summed E-state index contributed by atoms with van der Waals surface area (Å²) >= 11 is 0. The number of carbonyl (C=O) groups is 1. The van der Waals surface area contributed by atoms with E-state index in [1.807, 2.05) is 11.6 Å². The molecule has 1 atom stereocenters. The maximum atomic E-state index is 12.9. The van der Waals surface area contributed by atoms with Gasteiger partial charge in [0, 0.05) is 31.4 Å². The van der Waals surface area contributed by atoms with E-state index >= 15 is 0 Å². The van der Waals surface area contributed by atoms with Gasteiger partial charge in [0.25, 0.3) is 5.91 Å². The Morgan fingerprint density at radius 2 is 2.19 bits per heavy atom. The Balaban J connectivity index is 2.16. The van der Waals surface area contributed by atoms with Crippen LogP contribution in [0.4, 0.5) is 0 Å². The molecule has 21 heavy (non-hydrogen) atoms. The second kappa shape index (κ2) is 7.07. The molecule has 1 aromatic rings. The van der Waals surface area contributed by atoms with Crippen LogP contribution in [0.25, 0.3) is 0 Å². The van der Waals surface area contributed by atoms with Crippen LogP contribution < -0.4 is 0 Å². The molecule has 5 heteroatoms. The highest BCUT2D eigenvalue weighted by molar-refractivity contribution is 5.95. The van der Waals surface area contributed by atoms with E-state index in [-0.39, 0.29) is 5.91 Å². The molecule has 1 unspecified atom stereocenters. The van der Waals surface area contributed by atoms with Crippen molar-refractivity contribution in [3.8, 4) is 0 Å². The maximum Gasteiger partial charge on any atom is 0.257 e. The molecule has 118 valence electrons. The van der Waals surface area contributed by atoms with Crippen LogP contribution in [0.1, 0.15) is 48.7 Å². The summed E-state index contributed by atoms with van der Waals surface area (Å²) in [6, 6.07) is 0.329. The lowest BCUT2D eigenvalue weighted by atomic mass is 10.0. The maximum absolute atomic E-state index is 12.9. The zero-order valence-electron chi connectivity index (χ0n) is 13.8. The van der Waals surface area contributed by atoms with Gasteiger partial charge in [0.05, 0.1) is 11.8 Å². The number of likely N-dealkylation sites (N-methyl/N-ethyl adjacent to an activating group) is 1. The molecule has 0 spiro atoms. The van der Waals surface area contributed by atoms with Crippen molar-refractivity contribution < 1.29 is 4.79 Å². The number of aryl methyl sites for hydroxylation is 1. The summed E-state index contributed by atoms with van der Waals surface area (Å²) in [5.74, 6) is 0.154. The van der Waals surface area contributed by atoms with Gasteiger partial charge in [0.15, 0.2) is 0 Å². The lowest BCUT2D eigenvalue weighted by molar-refractivity contribution is 0.0574. The molecule has 0 bridgehead atoms. The standard InChI is InChI=1S/C16H28N4O/c1-5-9-20-13(2)15(11-17-20)16(21)19-10-7-6-8-14(19)12-18(3)4/h11,14H,5-10,12H2,1-4H3. The summed E-state index contributed by atoms with van der Waals surface area (Å²) in [4.78, 5) is 17.1. The molecule has 0 aliphatic carbocycles. The molecule has 0 saturated carbocycles. The van der Waals surface area contributed by atoms with Crippen molar-refractivity contribution >= 4 is 5.91 Å². The Morgan fingerprint density at radius 1 is 1.43 bits per heavy atom. The van der Waals surface area contributed by atoms with Crippen molar-refractivity contribution in [1.29, 1.82) is 0 Å². The number of likely N-dealkylation sites (tertiary alicyclic amines) is 1. The third-order valence-corrected chi connectivity index (χ3v) is 4.23. The molecule has 5 nitrogen and oxygen atoms in total. The summed E-state index contributed by atoms with van der Waals surface area (Å²) in [6.45, 7) is 6.81. The monoisotopic (exact) mass is 292 g/mol. The number of hydrogen-bond donors (Lipinski definition) is 0. The first-order valence-corrected chi connectivity index (χ1v) is 8.02. The van der Waals surface area contributed by atoms with Gasteiger partial charge in [-0.05, 0) is 46.7 Å². The van der Waals surface area contributed by atoms with Crippen LogP contribution in [0, 0.1) is 6.92 Å². The molecule has 1 fully saturated rings. The van der Waals surface area contributed by atoms with Crippen molar-refractivity contribution in [2.45, 2.75) is 52.1 Å². The minimum absolute atomic E-state index is 0.154. The molecular weight excluding hydrogens is 264 g/mol. The van der Waals surface area contributed by atoms with Gasteiger partial charge in [-0.3, -0.25) is 9.48 Å². The van der Waals surface area contributed by atoms with E-state index in [1.165, 1.54) is 6.42 Å². The topological polar surface area (TPSA) is 41.4 Å². The predicted octanol–water partition coefficient (Wildman–Crippen LogP) is 2.16. The number of hydrogen-bond acceptors (Lipinski definition) is 3. The largest absolute Gasteiger partial charge is 0.334 e. The Morgan fingerprint density at radius 3 is 2.86 bits per heavy atom. The van der Waals surface area contributed by atoms with Crippen LogP contribution in [-0.4, -0.2) is 58.7 Å². The molecule has 1 aliphatic rings. The Kier molecular flexibility index (Phi) is 5.39. The smallest absolute Gasteiger partial charge is 0.257 e. The van der Waals surface area contributed by atoms with Gasteiger partial charge >= 0.3 is 0 Å². The van der Waals surface area contributed by atoms with Crippen LogP contribution >= 0.6 is 0 Å². The van der Waals surface area contributed by atoms with E-state index < -0.39 is 0 Å². The molecule has 1 aliphatic heterocycles. The van der Waals surface area contributed by atoms with Gasteiger partial charge < -0.3 is 9.80 Å². The number of rotatable bonds is 5. The summed E-state index contributed by atoms with van der Waals surface area (Å²) in [6.07, 6.45) is 6.21. The third-order valence-electron chi connectivity index (χ3n) is 4.23. The van der Waals surface area contributed by atoms with E-state index in [0.717, 1.165) is 50.2 Å². The molecular formula is C16H28N4O. The Bertz CT molecular complexity index is 481. The normalized spacial score (nSPS) is 19.3. The molecule has 0 N–H and O–H groups in total. The SMILES string of the molecule is CCCn1ncc(C(=O)N2CCCCC2CN(C)C)c1C. The Hall–Kier alpha value is -1.36. The average Bonchev–Trinajstić information content (AvgIpc) is 2.80. The summed E-state index contributed by atoms with van der Waals surface area (Å²) in [5.41, 5.74) is 1.77. The van der Waals surface area contributed by atoms with E-state index in [2.05, 4.69) is 35.9 Å². The lowest BCUT2D eigenvalue weighted by Gasteiger charge is -2.37. The quantitative estimate of drug-likeness (QED) is 0.835. The van der Waals surface area contributed by atoms with Crippen LogP contribution in [0.15, 0.2) is 6.20 Å². The predicted molar refractivity (Wildman–Crippen MR) is 84.5 cm³/mol. The highest BCUT2D eigenvalue weighted by atomic mass is 16.2. The third kappa shape index (κ3) is 3.64. The highest BCUT2D eigenvalue weighted by Gasteiger charge is 2.29. The molecule has 0 radical (unpaired) electrons. The zero-order valence-corrected chi connectivity index (χ0v) is 13.8. The first-order valence-electron chi connectivity index (χ1n) is 8.02. The lowest BCUT2D eigenvalue weighted by Crippen LogP contribution is -2.48. The first kappa shape index (κ1) is 16.0. The summed E-state index contributed by atoms with van der Waals surface area (Å²) < 4.78 is 1.94. The van der Waals surface area contributed by atoms with Crippen molar-refractivity contribution in [3.63, 3.8) is 0 Å². The van der Waals surface area contributed by atoms with Gasteiger partial charge in [0.1, 0.15) is 0 Å². The summed E-state index contributed by atoms with van der Waals surface area (Å²) in [5, 5.41) is 4.37. The molecule has 1 amide bonds. The Labute approximate surface area is 127 Å². The zero-order chi connectivity index (χ0) is 15.4. The van der Waals surface area contributed by atoms with E-state index in [4.69, 9.17) is 0 Å². The minimum Gasteiger partial charge on any atom is -0.334 e. The second-order valence-electron chi connectivity index (χ2n) is 6.28. The number of amides is 1. The molecule has 1 aromatic heterocycles. The van der Waals surface area contributed by atoms with E-state index in [9.17, 15) is 4.79 Å². The van der Waals surface area contributed by atoms with Crippen LogP contribution in [-0.2, 0) is 6.54 Å². The number of carbonyl (C=O) groups excluding carboxylic acids is 1. The van der Waals surface area contributed by atoms with Gasteiger partial charge in [-0.1, -0.05) is 6.92 Å². The number of aromatic nitrogens is 2. The number of piperidine rings is 1. The van der Waals surface area contributed by atoms with Crippen LogP contribution in [0.3, 0.4) is 0 Å². The fraction of sp³-hybridized carbons (Fsp3) is 0.750. The fourth-order valence-electron chi connectivity index (χ4n) is 3.13. The highest BCUT2D eigenvalue weighted by Crippen LogP contribution is 2.21. The van der Waals surface area contributed by atoms with Crippen LogP contribution in [0.5, 0.6) is 0 Å². The van der Waals surface area contributed by atoms with Gasteiger partial charge in [-0.15, -0.1) is 0 Å². The first-order chi connectivity index (χ1) is 10.0. The number of nitrogens with zero attached hydrogens (tertiary/aromatic N) is 4. The second-order valence-corrected chi connectivity index (χ2v) is 6.28. The van der Waals surface area contributed by atoms with Gasteiger partial charge in [-0.2, -0.15) is 5.10 Å². The van der Waals surface area contributed by atoms with Crippen molar-refractivity contribution in [1.82, 2.24) is 19.6 Å². The van der Waals surface area contributed by atoms with Gasteiger partial charge in [-0.25, -0.2) is 0 Å². The van der Waals surface area contributed by atoms with Crippen LogP contribution in [0.2, 0.25) is 0 Å². The molecule has 0 aromatic carbocycles.